The van der Waals surface area contributed by atoms with Gasteiger partial charge in [-0.3, -0.25) is 0 Å². The summed E-state index contributed by atoms with van der Waals surface area (Å²) in [5.41, 5.74) is 8.77. The van der Waals surface area contributed by atoms with Gasteiger partial charge in [-0.2, -0.15) is 0 Å². The molecule has 0 fully saturated rings. The van der Waals surface area contributed by atoms with Crippen LogP contribution in [0.3, 0.4) is 0 Å². The summed E-state index contributed by atoms with van der Waals surface area (Å²) < 4.78 is 0. The van der Waals surface area contributed by atoms with Crippen molar-refractivity contribution in [3.8, 4) is 0 Å². The molecule has 1 aromatic carbocycles. The summed E-state index contributed by atoms with van der Waals surface area (Å²) >= 11 is 7.86. The molecule has 1 unspecified atom stereocenters. The van der Waals surface area contributed by atoms with Crippen molar-refractivity contribution in [2.24, 2.45) is 10.9 Å². The van der Waals surface area contributed by atoms with Crippen LogP contribution in [0.4, 0.5) is 5.69 Å². The third-order valence-electron chi connectivity index (χ3n) is 3.93. The smallest absolute Gasteiger partial charge is 0.172 e. The minimum Gasteiger partial charge on any atom is -0.409 e. The fourth-order valence-corrected chi connectivity index (χ4v) is 3.99. The van der Waals surface area contributed by atoms with Crippen LogP contribution in [0.15, 0.2) is 34.8 Å². The van der Waals surface area contributed by atoms with Crippen LogP contribution >= 0.6 is 22.9 Å². The molecule has 2 aromatic rings. The zero-order chi connectivity index (χ0) is 15.0. The Morgan fingerprint density at radius 3 is 3.05 bits per heavy atom. The van der Waals surface area contributed by atoms with E-state index in [9.17, 15) is 0 Å². The largest absolute Gasteiger partial charge is 0.409 e. The first-order valence-corrected chi connectivity index (χ1v) is 7.98. The molecule has 0 spiro atoms. The standard InChI is InChI=1S/C15H16ClN3OS/c1-9-11-5-7-21-14(11)4-6-19(9)13-3-2-10(16)8-12(13)15(17)18-20/h2-3,5,7-9,20H,4,6H2,1H3,(H2,17,18). The number of hydrogen-bond acceptors (Lipinski definition) is 4. The topological polar surface area (TPSA) is 61.8 Å². The maximum absolute atomic E-state index is 9.00. The number of fused-ring (bicyclic) bond motifs is 1. The molecule has 0 saturated heterocycles. The molecule has 6 heteroatoms. The molecule has 0 saturated carbocycles. The Kier molecular flexibility index (Phi) is 3.78. The van der Waals surface area contributed by atoms with Gasteiger partial charge in [-0.25, -0.2) is 0 Å². The van der Waals surface area contributed by atoms with Crippen LogP contribution in [0.1, 0.15) is 29.0 Å². The maximum atomic E-state index is 9.00. The van der Waals surface area contributed by atoms with Gasteiger partial charge in [-0.15, -0.1) is 11.3 Å². The van der Waals surface area contributed by atoms with Crippen LogP contribution in [-0.2, 0) is 6.42 Å². The van der Waals surface area contributed by atoms with Crippen molar-refractivity contribution in [2.45, 2.75) is 19.4 Å². The quantitative estimate of drug-likeness (QED) is 0.384. The van der Waals surface area contributed by atoms with Crippen molar-refractivity contribution in [1.29, 1.82) is 0 Å². The van der Waals surface area contributed by atoms with Crippen molar-refractivity contribution < 1.29 is 5.21 Å². The van der Waals surface area contributed by atoms with E-state index in [1.807, 2.05) is 23.5 Å². The van der Waals surface area contributed by atoms with E-state index in [-0.39, 0.29) is 11.9 Å². The van der Waals surface area contributed by atoms with Gasteiger partial charge in [0, 0.05) is 27.7 Å². The monoisotopic (exact) mass is 321 g/mol. The number of oxime groups is 1. The van der Waals surface area contributed by atoms with E-state index in [2.05, 4.69) is 28.4 Å². The second-order valence-electron chi connectivity index (χ2n) is 5.07. The average molecular weight is 322 g/mol. The first-order valence-electron chi connectivity index (χ1n) is 6.72. The number of rotatable bonds is 2. The molecule has 1 aliphatic rings. The van der Waals surface area contributed by atoms with Gasteiger partial charge >= 0.3 is 0 Å². The summed E-state index contributed by atoms with van der Waals surface area (Å²) in [5.74, 6) is 0.0795. The van der Waals surface area contributed by atoms with Gasteiger partial charge < -0.3 is 15.8 Å². The number of nitrogens with two attached hydrogens (primary N) is 1. The van der Waals surface area contributed by atoms with Crippen molar-refractivity contribution >= 4 is 34.5 Å². The number of anilines is 1. The van der Waals surface area contributed by atoms with E-state index in [4.69, 9.17) is 22.5 Å². The molecule has 1 atom stereocenters. The molecule has 0 radical (unpaired) electrons. The van der Waals surface area contributed by atoms with Gasteiger partial charge in [-0.05, 0) is 48.6 Å². The van der Waals surface area contributed by atoms with Crippen LogP contribution < -0.4 is 10.6 Å². The van der Waals surface area contributed by atoms with Gasteiger partial charge in [0.25, 0.3) is 0 Å². The predicted octanol–water partition coefficient (Wildman–Crippen LogP) is 3.62. The van der Waals surface area contributed by atoms with Gasteiger partial charge in [-0.1, -0.05) is 16.8 Å². The highest BCUT2D eigenvalue weighted by atomic mass is 35.5. The fraction of sp³-hybridized carbons (Fsp3) is 0.267. The lowest BCUT2D eigenvalue weighted by molar-refractivity contribution is 0.318. The highest BCUT2D eigenvalue weighted by Gasteiger charge is 2.27. The van der Waals surface area contributed by atoms with Crippen LogP contribution in [0, 0.1) is 0 Å². The molecule has 4 nitrogen and oxygen atoms in total. The second-order valence-corrected chi connectivity index (χ2v) is 6.50. The van der Waals surface area contributed by atoms with Crippen molar-refractivity contribution in [3.05, 3.63) is 50.7 Å². The van der Waals surface area contributed by atoms with Gasteiger partial charge in [0.05, 0.1) is 6.04 Å². The number of halogens is 1. The van der Waals surface area contributed by atoms with Crippen LogP contribution in [0.2, 0.25) is 5.02 Å². The fourth-order valence-electron chi connectivity index (χ4n) is 2.86. The lowest BCUT2D eigenvalue weighted by Crippen LogP contribution is -2.34. The molecule has 0 amide bonds. The molecule has 2 heterocycles. The SMILES string of the molecule is CC1c2ccsc2CCN1c1ccc(Cl)cc1C(N)=NO. The summed E-state index contributed by atoms with van der Waals surface area (Å²) in [6, 6.07) is 7.94. The normalized spacial score (nSPS) is 18.7. The molecule has 3 rings (SSSR count). The Balaban J connectivity index is 2.06. The van der Waals surface area contributed by atoms with Gasteiger partial charge in [0.15, 0.2) is 5.84 Å². The van der Waals surface area contributed by atoms with E-state index in [1.165, 1.54) is 10.4 Å². The van der Waals surface area contributed by atoms with Crippen molar-refractivity contribution in [2.75, 3.05) is 11.4 Å². The van der Waals surface area contributed by atoms with E-state index >= 15 is 0 Å². The molecular weight excluding hydrogens is 306 g/mol. The number of hydrogen-bond donors (Lipinski definition) is 2. The van der Waals surface area contributed by atoms with Crippen LogP contribution in [0.25, 0.3) is 0 Å². The summed E-state index contributed by atoms with van der Waals surface area (Å²) in [4.78, 5) is 3.72. The molecule has 3 N–H and O–H groups in total. The molecule has 110 valence electrons. The summed E-state index contributed by atoms with van der Waals surface area (Å²) in [5, 5.41) is 14.8. The van der Waals surface area contributed by atoms with E-state index in [1.54, 1.807) is 6.07 Å². The summed E-state index contributed by atoms with van der Waals surface area (Å²) in [7, 11) is 0. The second kappa shape index (κ2) is 5.58. The lowest BCUT2D eigenvalue weighted by atomic mass is 9.99. The predicted molar refractivity (Wildman–Crippen MR) is 87.7 cm³/mol. The third-order valence-corrected chi connectivity index (χ3v) is 5.16. The highest BCUT2D eigenvalue weighted by Crippen LogP contribution is 2.37. The third kappa shape index (κ3) is 2.47. The molecule has 1 aliphatic heterocycles. The molecular formula is C15H16ClN3OS. The Morgan fingerprint density at radius 2 is 2.29 bits per heavy atom. The van der Waals surface area contributed by atoms with Crippen LogP contribution in [-0.4, -0.2) is 17.6 Å². The Morgan fingerprint density at radius 1 is 1.48 bits per heavy atom. The van der Waals surface area contributed by atoms with Crippen molar-refractivity contribution in [3.63, 3.8) is 0 Å². The van der Waals surface area contributed by atoms with Crippen molar-refractivity contribution in [1.82, 2.24) is 0 Å². The summed E-state index contributed by atoms with van der Waals surface area (Å²) in [6.45, 7) is 3.08. The van der Waals surface area contributed by atoms with Gasteiger partial charge in [0.1, 0.15) is 0 Å². The first-order chi connectivity index (χ1) is 10.1. The molecule has 21 heavy (non-hydrogen) atoms. The molecule has 0 aliphatic carbocycles. The van der Waals surface area contributed by atoms with E-state index in [0.29, 0.717) is 10.6 Å². The molecule has 0 bridgehead atoms. The average Bonchev–Trinajstić information content (AvgIpc) is 2.97. The number of amidine groups is 1. The first kappa shape index (κ1) is 14.2. The van der Waals surface area contributed by atoms with E-state index in [0.717, 1.165) is 18.7 Å². The lowest BCUT2D eigenvalue weighted by Gasteiger charge is -2.36. The van der Waals surface area contributed by atoms with E-state index < -0.39 is 0 Å². The molecule has 1 aromatic heterocycles. The summed E-state index contributed by atoms with van der Waals surface area (Å²) in [6.07, 6.45) is 1.01. The Bertz CT molecular complexity index is 698. The Hall–Kier alpha value is -1.72. The zero-order valence-electron chi connectivity index (χ0n) is 11.6. The zero-order valence-corrected chi connectivity index (χ0v) is 13.2. The minimum absolute atomic E-state index is 0.0795. The number of nitrogens with zero attached hydrogens (tertiary/aromatic N) is 2. The maximum Gasteiger partial charge on any atom is 0.172 e. The minimum atomic E-state index is 0.0795. The number of benzene rings is 1. The number of thiophene rings is 1. The Labute approximate surface area is 132 Å². The van der Waals surface area contributed by atoms with Gasteiger partial charge in [0.2, 0.25) is 0 Å². The highest BCUT2D eigenvalue weighted by molar-refractivity contribution is 7.10. The van der Waals surface area contributed by atoms with Crippen LogP contribution in [0.5, 0.6) is 0 Å².